The number of halogens is 1. The third-order valence-electron chi connectivity index (χ3n) is 5.65. The molecule has 3 aromatic rings. The van der Waals surface area contributed by atoms with Gasteiger partial charge in [0, 0.05) is 11.6 Å². The van der Waals surface area contributed by atoms with Gasteiger partial charge in [0.2, 0.25) is 0 Å². The van der Waals surface area contributed by atoms with Crippen molar-refractivity contribution in [2.24, 2.45) is 0 Å². The van der Waals surface area contributed by atoms with Gasteiger partial charge in [-0.05, 0) is 60.5 Å². The number of para-hydroxylation sites is 1. The number of nitro benzene ring substituents is 1. The van der Waals surface area contributed by atoms with E-state index in [2.05, 4.69) is 0 Å². The Bertz CT molecular complexity index is 1410. The lowest BCUT2D eigenvalue weighted by molar-refractivity contribution is -0.385. The maximum absolute atomic E-state index is 13.0. The van der Waals surface area contributed by atoms with Crippen molar-refractivity contribution >= 4 is 46.3 Å². The summed E-state index contributed by atoms with van der Waals surface area (Å²) in [7, 11) is 0. The number of nitro groups is 1. The van der Waals surface area contributed by atoms with Crippen LogP contribution in [0, 0.1) is 17.0 Å². The normalized spacial score (nSPS) is 14.4. The zero-order chi connectivity index (χ0) is 26.5. The Labute approximate surface area is 223 Å². The lowest BCUT2D eigenvalue weighted by Crippen LogP contribution is -2.27. The van der Waals surface area contributed by atoms with E-state index >= 15 is 0 Å². The van der Waals surface area contributed by atoms with Crippen molar-refractivity contribution < 1.29 is 24.0 Å². The summed E-state index contributed by atoms with van der Waals surface area (Å²) in [6.45, 7) is 4.30. The highest BCUT2D eigenvalue weighted by atomic mass is 35.5. The van der Waals surface area contributed by atoms with Gasteiger partial charge in [-0.25, -0.2) is 0 Å². The van der Waals surface area contributed by atoms with E-state index in [1.54, 1.807) is 24.3 Å². The average Bonchev–Trinajstić information content (AvgIpc) is 3.12. The van der Waals surface area contributed by atoms with E-state index in [4.69, 9.17) is 21.1 Å². The lowest BCUT2D eigenvalue weighted by Gasteiger charge is -2.15. The summed E-state index contributed by atoms with van der Waals surface area (Å²) >= 11 is 7.30. The smallest absolute Gasteiger partial charge is 0.293 e. The summed E-state index contributed by atoms with van der Waals surface area (Å²) in [5.41, 5.74) is 2.77. The van der Waals surface area contributed by atoms with Gasteiger partial charge in [-0.2, -0.15) is 0 Å². The summed E-state index contributed by atoms with van der Waals surface area (Å²) in [5.74, 6) is 0.254. The van der Waals surface area contributed by atoms with E-state index < -0.39 is 16.1 Å². The fourth-order valence-corrected chi connectivity index (χ4v) is 4.89. The number of amides is 2. The second kappa shape index (κ2) is 11.5. The molecule has 4 rings (SSSR count). The van der Waals surface area contributed by atoms with Crippen molar-refractivity contribution in [3.05, 3.63) is 103 Å². The number of imide groups is 1. The van der Waals surface area contributed by atoms with Crippen LogP contribution in [-0.2, 0) is 17.9 Å². The fraction of sp³-hybridized carbons (Fsp3) is 0.185. The van der Waals surface area contributed by atoms with Crippen LogP contribution in [0.25, 0.3) is 6.08 Å². The van der Waals surface area contributed by atoms with Gasteiger partial charge >= 0.3 is 0 Å². The summed E-state index contributed by atoms with van der Waals surface area (Å²) in [5, 5.41) is 11.1. The van der Waals surface area contributed by atoms with Gasteiger partial charge in [0.05, 0.1) is 28.0 Å². The van der Waals surface area contributed by atoms with Gasteiger partial charge in [0.25, 0.3) is 16.8 Å². The molecule has 10 heteroatoms. The third kappa shape index (κ3) is 5.95. The van der Waals surface area contributed by atoms with Gasteiger partial charge < -0.3 is 9.47 Å². The first-order chi connectivity index (χ1) is 17.8. The molecule has 3 aromatic carbocycles. The maximum Gasteiger partial charge on any atom is 0.293 e. The zero-order valence-corrected chi connectivity index (χ0v) is 21.7. The minimum absolute atomic E-state index is 0.153. The van der Waals surface area contributed by atoms with Crippen LogP contribution in [0.4, 0.5) is 10.5 Å². The number of thioether (sulfide) groups is 1. The Morgan fingerprint density at radius 2 is 1.76 bits per heavy atom. The Morgan fingerprint density at radius 3 is 2.46 bits per heavy atom. The van der Waals surface area contributed by atoms with E-state index in [9.17, 15) is 19.7 Å². The van der Waals surface area contributed by atoms with Crippen molar-refractivity contribution in [1.82, 2.24) is 4.90 Å². The number of hydrogen-bond donors (Lipinski definition) is 0. The standard InChI is InChI=1S/C27H23ClN2O6S/c1-3-35-23-13-18(12-21(28)25(23)36-16-20-10-5-4-8-17(20)2)14-24-26(31)29(27(32)37-24)15-19-9-6-7-11-22(19)30(33)34/h4-14H,3,15-16H2,1-2H3/b24-14-. The number of carbonyl (C=O) groups excluding carboxylic acids is 2. The molecule has 2 amide bonds. The van der Waals surface area contributed by atoms with Crippen molar-refractivity contribution in [2.45, 2.75) is 27.0 Å². The number of benzene rings is 3. The van der Waals surface area contributed by atoms with Crippen LogP contribution in [0.3, 0.4) is 0 Å². The van der Waals surface area contributed by atoms with E-state index in [1.807, 2.05) is 38.1 Å². The second-order valence-electron chi connectivity index (χ2n) is 8.13. The highest BCUT2D eigenvalue weighted by Crippen LogP contribution is 2.40. The molecule has 1 aliphatic rings. The van der Waals surface area contributed by atoms with Crippen LogP contribution in [0.1, 0.15) is 29.2 Å². The summed E-state index contributed by atoms with van der Waals surface area (Å²) in [4.78, 5) is 37.6. The molecule has 37 heavy (non-hydrogen) atoms. The first-order valence-electron chi connectivity index (χ1n) is 11.4. The van der Waals surface area contributed by atoms with Crippen LogP contribution in [0.5, 0.6) is 11.5 Å². The molecule has 0 aliphatic carbocycles. The monoisotopic (exact) mass is 538 g/mol. The molecule has 0 radical (unpaired) electrons. The van der Waals surface area contributed by atoms with Gasteiger partial charge in [-0.3, -0.25) is 24.6 Å². The van der Waals surface area contributed by atoms with Crippen molar-refractivity contribution in [3.63, 3.8) is 0 Å². The number of ether oxygens (including phenoxy) is 2. The van der Waals surface area contributed by atoms with Crippen LogP contribution in [0.2, 0.25) is 5.02 Å². The predicted molar refractivity (Wildman–Crippen MR) is 143 cm³/mol. The molecular formula is C27H23ClN2O6S. The Morgan fingerprint density at radius 1 is 1.05 bits per heavy atom. The Balaban J connectivity index is 1.58. The van der Waals surface area contributed by atoms with Crippen LogP contribution >= 0.6 is 23.4 Å². The number of nitrogens with zero attached hydrogens (tertiary/aromatic N) is 2. The van der Waals surface area contributed by atoms with Gasteiger partial charge in [0.1, 0.15) is 6.61 Å². The summed E-state index contributed by atoms with van der Waals surface area (Å²) in [6, 6.07) is 17.2. The Hall–Kier alpha value is -3.82. The lowest BCUT2D eigenvalue weighted by atomic mass is 10.1. The fourth-order valence-electron chi connectivity index (χ4n) is 3.78. The van der Waals surface area contributed by atoms with Crippen LogP contribution < -0.4 is 9.47 Å². The van der Waals surface area contributed by atoms with Crippen molar-refractivity contribution in [2.75, 3.05) is 6.61 Å². The molecule has 1 aliphatic heterocycles. The van der Waals surface area contributed by atoms with Gasteiger partial charge in [-0.1, -0.05) is 54.1 Å². The number of hydrogen-bond acceptors (Lipinski definition) is 7. The molecular weight excluding hydrogens is 516 g/mol. The van der Waals surface area contributed by atoms with Crippen molar-refractivity contribution in [3.8, 4) is 11.5 Å². The predicted octanol–water partition coefficient (Wildman–Crippen LogP) is 6.77. The second-order valence-corrected chi connectivity index (χ2v) is 9.53. The molecule has 1 heterocycles. The molecule has 8 nitrogen and oxygen atoms in total. The molecule has 190 valence electrons. The molecule has 0 aromatic heterocycles. The minimum Gasteiger partial charge on any atom is -0.490 e. The molecule has 0 unspecified atom stereocenters. The molecule has 0 bridgehead atoms. The average molecular weight is 539 g/mol. The van der Waals surface area contributed by atoms with E-state index in [1.165, 1.54) is 18.2 Å². The van der Waals surface area contributed by atoms with E-state index in [0.29, 0.717) is 35.3 Å². The van der Waals surface area contributed by atoms with E-state index in [0.717, 1.165) is 27.8 Å². The van der Waals surface area contributed by atoms with Gasteiger partial charge in [0.15, 0.2) is 11.5 Å². The zero-order valence-electron chi connectivity index (χ0n) is 20.1. The number of carbonyl (C=O) groups is 2. The minimum atomic E-state index is -0.540. The maximum atomic E-state index is 13.0. The first-order valence-corrected chi connectivity index (χ1v) is 12.6. The van der Waals surface area contributed by atoms with Crippen LogP contribution in [0.15, 0.2) is 65.6 Å². The Kier molecular flexibility index (Phi) is 8.15. The molecule has 1 saturated heterocycles. The topological polar surface area (TPSA) is 99.0 Å². The molecule has 1 fully saturated rings. The highest BCUT2D eigenvalue weighted by molar-refractivity contribution is 8.18. The summed E-state index contributed by atoms with van der Waals surface area (Å²) in [6.07, 6.45) is 1.55. The van der Waals surface area contributed by atoms with Gasteiger partial charge in [-0.15, -0.1) is 0 Å². The molecule has 0 N–H and O–H groups in total. The van der Waals surface area contributed by atoms with Crippen molar-refractivity contribution in [1.29, 1.82) is 0 Å². The SMILES string of the molecule is CCOc1cc(/C=C2\SC(=O)N(Cc3ccccc3[N+](=O)[O-])C2=O)cc(Cl)c1OCc1ccccc1C. The quantitative estimate of drug-likeness (QED) is 0.168. The first kappa shape index (κ1) is 26.2. The van der Waals surface area contributed by atoms with E-state index in [-0.39, 0.29) is 22.7 Å². The third-order valence-corrected chi connectivity index (χ3v) is 6.84. The largest absolute Gasteiger partial charge is 0.490 e. The highest BCUT2D eigenvalue weighted by Gasteiger charge is 2.36. The van der Waals surface area contributed by atoms with Crippen LogP contribution in [-0.4, -0.2) is 27.6 Å². The summed E-state index contributed by atoms with van der Waals surface area (Å²) < 4.78 is 11.8. The molecule has 0 spiro atoms. The molecule has 0 atom stereocenters. The number of aryl methyl sites for hydroxylation is 1. The molecule has 0 saturated carbocycles. The number of rotatable bonds is 9.